The van der Waals surface area contributed by atoms with Crippen molar-refractivity contribution in [2.45, 2.75) is 19.3 Å². The summed E-state index contributed by atoms with van der Waals surface area (Å²) in [6, 6.07) is 11.0. The lowest BCUT2D eigenvalue weighted by Crippen LogP contribution is -2.36. The predicted molar refractivity (Wildman–Crippen MR) is 124 cm³/mol. The van der Waals surface area contributed by atoms with Crippen LogP contribution in [-0.2, 0) is 9.59 Å². The summed E-state index contributed by atoms with van der Waals surface area (Å²) in [7, 11) is 1.50. The molecule has 12 heteroatoms. The van der Waals surface area contributed by atoms with Gasteiger partial charge in [0.15, 0.2) is 0 Å². The lowest BCUT2D eigenvalue weighted by molar-refractivity contribution is -0.384. The first-order valence-electron chi connectivity index (χ1n) is 10.2. The Kier molecular flexibility index (Phi) is 5.95. The Morgan fingerprint density at radius 1 is 1.21 bits per heavy atom. The maximum absolute atomic E-state index is 13.0. The number of carbonyl (C=O) groups excluding carboxylic acids is 2. The third-order valence-corrected chi connectivity index (χ3v) is 5.32. The third kappa shape index (κ3) is 4.41. The van der Waals surface area contributed by atoms with Gasteiger partial charge in [-0.05, 0) is 24.6 Å². The SMILES string of the molecule is COc1ccccc1Nc1nc2c(c(=O)[nH]1)C(C(=O)Nc1cc([N+](=O)[O-])ccc1C)CC(=O)N2. The summed E-state index contributed by atoms with van der Waals surface area (Å²) in [6.07, 6.45) is -0.281. The molecule has 3 aromatic rings. The van der Waals surface area contributed by atoms with E-state index < -0.39 is 28.2 Å². The zero-order valence-electron chi connectivity index (χ0n) is 18.2. The van der Waals surface area contributed by atoms with Gasteiger partial charge in [0.1, 0.15) is 11.6 Å². The minimum atomic E-state index is -1.14. The number of nitro groups is 1. The molecule has 4 rings (SSSR count). The monoisotopic (exact) mass is 464 g/mol. The molecular weight excluding hydrogens is 444 g/mol. The Hall–Kier alpha value is -4.74. The number of aromatic amines is 1. The van der Waals surface area contributed by atoms with Crippen molar-refractivity contribution in [3.05, 3.63) is 74.1 Å². The summed E-state index contributed by atoms with van der Waals surface area (Å²) in [5, 5.41) is 19.1. The molecule has 1 aliphatic heterocycles. The van der Waals surface area contributed by atoms with E-state index >= 15 is 0 Å². The Morgan fingerprint density at radius 2 is 1.97 bits per heavy atom. The van der Waals surface area contributed by atoms with Crippen LogP contribution in [0.2, 0.25) is 0 Å². The maximum Gasteiger partial charge on any atom is 0.271 e. The highest BCUT2D eigenvalue weighted by Gasteiger charge is 2.35. The van der Waals surface area contributed by atoms with Gasteiger partial charge in [0.25, 0.3) is 11.2 Å². The summed E-state index contributed by atoms with van der Waals surface area (Å²) in [6.45, 7) is 1.67. The van der Waals surface area contributed by atoms with Crippen molar-refractivity contribution in [2.75, 3.05) is 23.1 Å². The molecule has 1 unspecified atom stereocenters. The van der Waals surface area contributed by atoms with Crippen LogP contribution in [0.25, 0.3) is 0 Å². The molecule has 0 spiro atoms. The number of non-ortho nitro benzene ring substituents is 1. The fourth-order valence-corrected chi connectivity index (χ4v) is 3.61. The van der Waals surface area contributed by atoms with Crippen LogP contribution in [0, 0.1) is 17.0 Å². The average molecular weight is 464 g/mol. The van der Waals surface area contributed by atoms with E-state index in [9.17, 15) is 24.5 Å². The molecule has 0 aliphatic carbocycles. The molecule has 174 valence electrons. The number of hydrogen-bond acceptors (Lipinski definition) is 8. The zero-order valence-corrected chi connectivity index (χ0v) is 18.2. The third-order valence-electron chi connectivity index (χ3n) is 5.32. The number of methoxy groups -OCH3 is 1. The Morgan fingerprint density at radius 3 is 2.71 bits per heavy atom. The molecule has 0 bridgehead atoms. The molecule has 0 saturated heterocycles. The van der Waals surface area contributed by atoms with Crippen molar-refractivity contribution < 1.29 is 19.2 Å². The number of nitrogens with zero attached hydrogens (tertiary/aromatic N) is 2. The minimum absolute atomic E-state index is 0.00856. The maximum atomic E-state index is 13.0. The smallest absolute Gasteiger partial charge is 0.271 e. The highest BCUT2D eigenvalue weighted by atomic mass is 16.6. The van der Waals surface area contributed by atoms with Gasteiger partial charge in [-0.15, -0.1) is 0 Å². The summed E-state index contributed by atoms with van der Waals surface area (Å²) in [5.74, 6) is -1.78. The van der Waals surface area contributed by atoms with Crippen molar-refractivity contribution in [3.8, 4) is 5.75 Å². The van der Waals surface area contributed by atoms with E-state index in [0.29, 0.717) is 17.0 Å². The Bertz CT molecular complexity index is 1370. The standard InChI is InChI=1S/C22H20N6O6/c1-11-7-8-12(28(32)33)9-15(11)23-20(30)13-10-17(29)25-19-18(13)21(31)27-22(26-19)24-14-5-3-4-6-16(14)34-2/h3-9,13H,10H2,1-2H3,(H,23,30)(H3,24,25,26,27,29,31). The van der Waals surface area contributed by atoms with Gasteiger partial charge >= 0.3 is 0 Å². The van der Waals surface area contributed by atoms with E-state index in [4.69, 9.17) is 4.74 Å². The summed E-state index contributed by atoms with van der Waals surface area (Å²) in [5.41, 5.74) is 0.511. The number of rotatable bonds is 6. The molecule has 0 radical (unpaired) electrons. The number of carbonyl (C=O) groups is 2. The van der Waals surface area contributed by atoms with E-state index in [0.717, 1.165) is 0 Å². The van der Waals surface area contributed by atoms with Crippen LogP contribution in [0.4, 0.5) is 28.8 Å². The number of ether oxygens (including phenoxy) is 1. The molecule has 2 heterocycles. The van der Waals surface area contributed by atoms with Crippen molar-refractivity contribution >= 4 is 40.6 Å². The van der Waals surface area contributed by atoms with Crippen molar-refractivity contribution in [3.63, 3.8) is 0 Å². The number of fused-ring (bicyclic) bond motifs is 1. The molecule has 1 aromatic heterocycles. The highest BCUT2D eigenvalue weighted by Crippen LogP contribution is 2.32. The summed E-state index contributed by atoms with van der Waals surface area (Å²) >= 11 is 0. The van der Waals surface area contributed by atoms with Crippen molar-refractivity contribution in [1.82, 2.24) is 9.97 Å². The molecule has 12 nitrogen and oxygen atoms in total. The van der Waals surface area contributed by atoms with Crippen LogP contribution in [0.15, 0.2) is 47.3 Å². The van der Waals surface area contributed by atoms with Crippen LogP contribution >= 0.6 is 0 Å². The van der Waals surface area contributed by atoms with Crippen molar-refractivity contribution in [1.29, 1.82) is 0 Å². The molecule has 1 atom stereocenters. The van der Waals surface area contributed by atoms with Gasteiger partial charge in [-0.1, -0.05) is 18.2 Å². The Balaban J connectivity index is 1.66. The van der Waals surface area contributed by atoms with Gasteiger partial charge in [-0.2, -0.15) is 4.98 Å². The van der Waals surface area contributed by atoms with Gasteiger partial charge in [0, 0.05) is 18.6 Å². The number of benzene rings is 2. The second kappa shape index (κ2) is 9.02. The van der Waals surface area contributed by atoms with Crippen LogP contribution in [0.1, 0.15) is 23.5 Å². The fourth-order valence-electron chi connectivity index (χ4n) is 3.61. The van der Waals surface area contributed by atoms with Crippen LogP contribution in [0.5, 0.6) is 5.75 Å². The molecule has 1 aliphatic rings. The number of anilines is 4. The number of para-hydroxylation sites is 2. The van der Waals surface area contributed by atoms with Gasteiger partial charge in [-0.3, -0.25) is 29.5 Å². The van der Waals surface area contributed by atoms with E-state index in [1.807, 2.05) is 0 Å². The second-order valence-corrected chi connectivity index (χ2v) is 7.55. The zero-order chi connectivity index (χ0) is 24.4. The van der Waals surface area contributed by atoms with Gasteiger partial charge in [0.05, 0.1) is 34.9 Å². The van der Waals surface area contributed by atoms with E-state index in [1.165, 1.54) is 25.3 Å². The molecule has 4 N–H and O–H groups in total. The second-order valence-electron chi connectivity index (χ2n) is 7.55. The topological polar surface area (TPSA) is 168 Å². The highest BCUT2D eigenvalue weighted by molar-refractivity contribution is 6.04. The number of hydrogen-bond donors (Lipinski definition) is 4. The molecule has 2 aromatic carbocycles. The van der Waals surface area contributed by atoms with Gasteiger partial charge in [-0.25, -0.2) is 0 Å². The largest absolute Gasteiger partial charge is 0.495 e. The van der Waals surface area contributed by atoms with Gasteiger partial charge < -0.3 is 20.7 Å². The summed E-state index contributed by atoms with van der Waals surface area (Å²) in [4.78, 5) is 55.6. The van der Waals surface area contributed by atoms with E-state index in [-0.39, 0.29) is 35.1 Å². The number of nitro benzene ring substituents is 1. The molecule has 2 amide bonds. The first kappa shape index (κ1) is 22.5. The summed E-state index contributed by atoms with van der Waals surface area (Å²) < 4.78 is 5.27. The molecular formula is C22H20N6O6. The quantitative estimate of drug-likeness (QED) is 0.319. The van der Waals surface area contributed by atoms with Crippen LogP contribution < -0.4 is 26.2 Å². The van der Waals surface area contributed by atoms with Crippen molar-refractivity contribution in [2.24, 2.45) is 0 Å². The van der Waals surface area contributed by atoms with E-state index in [1.54, 1.807) is 31.2 Å². The predicted octanol–water partition coefficient (Wildman–Crippen LogP) is 2.80. The lowest BCUT2D eigenvalue weighted by atomic mass is 9.92. The average Bonchev–Trinajstić information content (AvgIpc) is 2.79. The van der Waals surface area contributed by atoms with Gasteiger partial charge in [0.2, 0.25) is 17.8 Å². The number of nitrogens with one attached hydrogen (secondary N) is 4. The number of amides is 2. The molecule has 34 heavy (non-hydrogen) atoms. The first-order valence-corrected chi connectivity index (χ1v) is 10.2. The fraction of sp³-hybridized carbons (Fsp3) is 0.182. The Labute approximate surface area is 192 Å². The number of aromatic nitrogens is 2. The van der Waals surface area contributed by atoms with Crippen LogP contribution in [-0.4, -0.2) is 33.8 Å². The molecule has 0 saturated carbocycles. The van der Waals surface area contributed by atoms with Crippen LogP contribution in [0.3, 0.4) is 0 Å². The molecule has 0 fully saturated rings. The number of aryl methyl sites for hydroxylation is 1. The minimum Gasteiger partial charge on any atom is -0.495 e. The number of H-pyrrole nitrogens is 1. The first-order chi connectivity index (χ1) is 16.3. The van der Waals surface area contributed by atoms with E-state index in [2.05, 4.69) is 25.9 Å². The normalized spacial score (nSPS) is 14.5. The lowest BCUT2D eigenvalue weighted by Gasteiger charge is -2.24.